The van der Waals surface area contributed by atoms with Crippen molar-refractivity contribution in [1.29, 1.82) is 5.26 Å². The largest absolute Gasteiger partial charge is 0.381 e. The Morgan fingerprint density at radius 1 is 1.03 bits per heavy atom. The molecular weight excluding hydrogens is 460 g/mol. The van der Waals surface area contributed by atoms with Gasteiger partial charge in [0.2, 0.25) is 0 Å². The smallest absolute Gasteiger partial charge is 0.0991 e. The maximum atomic E-state index is 9.25. The van der Waals surface area contributed by atoms with E-state index in [4.69, 9.17) is 0 Å². The van der Waals surface area contributed by atoms with E-state index < -0.39 is 0 Å². The van der Waals surface area contributed by atoms with Gasteiger partial charge in [0.1, 0.15) is 0 Å². The molecule has 2 nitrogen and oxygen atoms in total. The van der Waals surface area contributed by atoms with Gasteiger partial charge in [-0.2, -0.15) is 5.26 Å². The summed E-state index contributed by atoms with van der Waals surface area (Å²) in [5.74, 6) is 0.397. The van der Waals surface area contributed by atoms with Crippen molar-refractivity contribution in [3.8, 4) is 28.3 Å². The molecule has 0 spiro atoms. The number of rotatable bonds is 4. The third-order valence-corrected chi connectivity index (χ3v) is 7.95. The Kier molecular flexibility index (Phi) is 6.06. The van der Waals surface area contributed by atoms with E-state index in [1.807, 2.05) is 12.1 Å². The highest BCUT2D eigenvalue weighted by Gasteiger charge is 2.29. The molecule has 0 radical (unpaired) electrons. The van der Waals surface area contributed by atoms with Crippen molar-refractivity contribution in [2.24, 2.45) is 0 Å². The molecule has 2 heteroatoms. The van der Waals surface area contributed by atoms with Gasteiger partial charge >= 0.3 is 0 Å². The zero-order valence-corrected chi connectivity index (χ0v) is 21.9. The van der Waals surface area contributed by atoms with Gasteiger partial charge in [0.05, 0.1) is 11.6 Å². The first-order valence-corrected chi connectivity index (χ1v) is 13.3. The van der Waals surface area contributed by atoms with Gasteiger partial charge in [0.25, 0.3) is 0 Å². The van der Waals surface area contributed by atoms with E-state index in [1.54, 1.807) is 0 Å². The lowest BCUT2D eigenvalue weighted by atomic mass is 9.91. The molecule has 0 aromatic heterocycles. The summed E-state index contributed by atoms with van der Waals surface area (Å²) in [4.78, 5) is 0. The van der Waals surface area contributed by atoms with Gasteiger partial charge < -0.3 is 5.32 Å². The van der Waals surface area contributed by atoms with Gasteiger partial charge in [-0.3, -0.25) is 0 Å². The lowest BCUT2D eigenvalue weighted by Gasteiger charge is -2.13. The number of nitrogens with one attached hydrogen (secondary N) is 1. The molecular formula is C36H30N2. The van der Waals surface area contributed by atoms with E-state index in [1.165, 1.54) is 44.5 Å². The molecule has 1 atom stereocenters. The minimum Gasteiger partial charge on any atom is -0.381 e. The molecule has 38 heavy (non-hydrogen) atoms. The molecule has 0 fully saturated rings. The molecule has 1 unspecified atom stereocenters. The summed E-state index contributed by atoms with van der Waals surface area (Å²) in [7, 11) is 0. The lowest BCUT2D eigenvalue weighted by Crippen LogP contribution is -2.28. The molecule has 0 saturated heterocycles. The first-order chi connectivity index (χ1) is 18.6. The highest BCUT2D eigenvalue weighted by atomic mass is 14.9. The summed E-state index contributed by atoms with van der Waals surface area (Å²) in [5.41, 5.74) is 13.3. The number of nitriles is 1. The second-order valence-electron chi connectivity index (χ2n) is 10.1. The van der Waals surface area contributed by atoms with E-state index >= 15 is 0 Å². The van der Waals surface area contributed by atoms with Crippen LogP contribution in [0.25, 0.3) is 46.6 Å². The minimum absolute atomic E-state index is 0.397. The second-order valence-corrected chi connectivity index (χ2v) is 10.1. The zero-order valence-electron chi connectivity index (χ0n) is 21.9. The number of anilines is 1. The average Bonchev–Trinajstić information content (AvgIpc) is 3.30. The molecule has 4 aromatic carbocycles. The van der Waals surface area contributed by atoms with Crippen LogP contribution < -0.4 is 15.8 Å². The number of allylic oxidation sites excluding steroid dienone is 2. The summed E-state index contributed by atoms with van der Waals surface area (Å²) in [6.45, 7) is 9.64. The highest BCUT2D eigenvalue weighted by molar-refractivity contribution is 5.93. The van der Waals surface area contributed by atoms with Crippen LogP contribution in [0.2, 0.25) is 0 Å². The Hall–Kier alpha value is -4.61. The van der Waals surface area contributed by atoms with Crippen molar-refractivity contribution < 1.29 is 0 Å². The third-order valence-electron chi connectivity index (χ3n) is 7.95. The van der Waals surface area contributed by atoms with Crippen LogP contribution in [-0.4, -0.2) is 6.54 Å². The Morgan fingerprint density at radius 3 is 2.66 bits per heavy atom. The summed E-state index contributed by atoms with van der Waals surface area (Å²) in [5, 5.41) is 14.9. The molecule has 0 amide bonds. The van der Waals surface area contributed by atoms with Gasteiger partial charge in [-0.15, -0.1) is 0 Å². The average molecular weight is 491 g/mol. The van der Waals surface area contributed by atoms with E-state index in [9.17, 15) is 5.26 Å². The second kappa shape index (κ2) is 9.69. The molecule has 184 valence electrons. The van der Waals surface area contributed by atoms with Crippen LogP contribution in [0, 0.1) is 11.3 Å². The molecule has 2 aliphatic rings. The highest BCUT2D eigenvalue weighted by Crippen LogP contribution is 2.50. The fourth-order valence-corrected chi connectivity index (χ4v) is 5.90. The number of hydrogen-bond acceptors (Lipinski definition) is 2. The van der Waals surface area contributed by atoms with E-state index in [-0.39, 0.29) is 0 Å². The summed E-state index contributed by atoms with van der Waals surface area (Å²) in [6.07, 6.45) is 9.74. The van der Waals surface area contributed by atoms with Crippen molar-refractivity contribution in [3.63, 3.8) is 0 Å². The number of hydrogen-bond donors (Lipinski definition) is 1. The van der Waals surface area contributed by atoms with Crippen LogP contribution in [0.4, 0.5) is 5.69 Å². The molecule has 4 aromatic rings. The van der Waals surface area contributed by atoms with Crippen LogP contribution in [0.1, 0.15) is 54.0 Å². The number of benzene rings is 4. The van der Waals surface area contributed by atoms with Crippen LogP contribution in [-0.2, 0) is 0 Å². The van der Waals surface area contributed by atoms with Crippen molar-refractivity contribution >= 4 is 30.0 Å². The maximum absolute atomic E-state index is 9.25. The summed E-state index contributed by atoms with van der Waals surface area (Å²) < 4.78 is 0. The molecule has 1 aliphatic carbocycles. The molecule has 6 rings (SSSR count). The Bertz CT molecular complexity index is 1780. The minimum atomic E-state index is 0.397. The van der Waals surface area contributed by atoms with E-state index in [0.717, 1.165) is 34.7 Å². The number of fused-ring (bicyclic) bond motifs is 4. The Morgan fingerprint density at radius 2 is 1.87 bits per heavy atom. The van der Waals surface area contributed by atoms with Crippen molar-refractivity contribution in [2.45, 2.75) is 26.2 Å². The molecule has 0 bridgehead atoms. The summed E-state index contributed by atoms with van der Waals surface area (Å²) in [6, 6.07) is 28.1. The fraction of sp³-hybridized carbons (Fsp3) is 0.139. The van der Waals surface area contributed by atoms with Gasteiger partial charge in [-0.25, -0.2) is 0 Å². The first-order valence-electron chi connectivity index (χ1n) is 13.3. The third kappa shape index (κ3) is 3.98. The first kappa shape index (κ1) is 23.8. The number of nitrogens with zero attached hydrogens (tertiary/aromatic N) is 1. The Balaban J connectivity index is 1.44. The maximum Gasteiger partial charge on any atom is 0.0991 e. The SMILES string of the molecule is C=c1c2c(cc/c1=C/C=C(\C)c1ccc3c(c1)-c1c(-c4ccc(C#N)cc4)cccc1C3CC)C=CCN2. The Labute approximate surface area is 224 Å². The summed E-state index contributed by atoms with van der Waals surface area (Å²) >= 11 is 0. The van der Waals surface area contributed by atoms with Crippen LogP contribution in [0.3, 0.4) is 0 Å². The lowest BCUT2D eigenvalue weighted by molar-refractivity contribution is 0.797. The van der Waals surface area contributed by atoms with Gasteiger partial charge in [0, 0.05) is 18.2 Å². The molecule has 1 aliphatic heterocycles. The van der Waals surface area contributed by atoms with Gasteiger partial charge in [-0.1, -0.05) is 92.4 Å². The predicted molar refractivity (Wildman–Crippen MR) is 161 cm³/mol. The van der Waals surface area contributed by atoms with E-state index in [2.05, 4.69) is 117 Å². The molecule has 1 heterocycles. The van der Waals surface area contributed by atoms with Gasteiger partial charge in [0.15, 0.2) is 0 Å². The molecule has 1 N–H and O–H groups in total. The van der Waals surface area contributed by atoms with Gasteiger partial charge in [-0.05, 0) is 92.1 Å². The topological polar surface area (TPSA) is 35.8 Å². The van der Waals surface area contributed by atoms with Crippen LogP contribution in [0.15, 0.2) is 84.9 Å². The van der Waals surface area contributed by atoms with E-state index in [0.29, 0.717) is 11.5 Å². The predicted octanol–water partition coefficient (Wildman–Crippen LogP) is 7.48. The molecule has 0 saturated carbocycles. The van der Waals surface area contributed by atoms with Crippen LogP contribution >= 0.6 is 0 Å². The van der Waals surface area contributed by atoms with Crippen molar-refractivity contribution in [3.05, 3.63) is 123 Å². The van der Waals surface area contributed by atoms with Crippen LogP contribution in [0.5, 0.6) is 0 Å². The van der Waals surface area contributed by atoms with Crippen molar-refractivity contribution in [2.75, 3.05) is 11.9 Å². The zero-order chi connectivity index (χ0) is 26.2. The standard InChI is InChI=1S/C36H30N2/c1-4-30-32-19-18-29(23(2)10-13-26-16-17-28-7-6-20-38-36(28)24(26)3)21-34(32)35-31(8-5-9-33(30)35)27-14-11-25(22-37)12-15-27/h5-19,21,30,38H,3-4,20H2,1-2H3/b23-10+,26-13-. The van der Waals surface area contributed by atoms with Crippen molar-refractivity contribution in [1.82, 2.24) is 0 Å². The monoisotopic (exact) mass is 490 g/mol. The normalized spacial score (nSPS) is 15.9. The quantitative estimate of drug-likeness (QED) is 0.322. The fourth-order valence-electron chi connectivity index (χ4n) is 5.90.